The number of nitrogens with one attached hydrogen (secondary N) is 1. The van der Waals surface area contributed by atoms with Gasteiger partial charge in [-0.3, -0.25) is 4.21 Å². The van der Waals surface area contributed by atoms with Gasteiger partial charge in [0.1, 0.15) is 0 Å². The third-order valence-electron chi connectivity index (χ3n) is 1.86. The Morgan fingerprint density at radius 3 is 2.86 bits per heavy atom. The summed E-state index contributed by atoms with van der Waals surface area (Å²) in [4.78, 5) is 0. The zero-order chi connectivity index (χ0) is 10.6. The fraction of sp³-hybridized carbons (Fsp3) is 0.714. The van der Waals surface area contributed by atoms with E-state index >= 15 is 0 Å². The Hall–Kier alpha value is -0.200. The van der Waals surface area contributed by atoms with Crippen LogP contribution in [0.25, 0.3) is 0 Å². The fourth-order valence-electron chi connectivity index (χ4n) is 0.843. The maximum Gasteiger partial charge on any atom is 0.186 e. The van der Waals surface area contributed by atoms with E-state index in [0.29, 0.717) is 17.5 Å². The molecule has 0 aliphatic heterocycles. The van der Waals surface area contributed by atoms with E-state index in [1.807, 2.05) is 6.92 Å². The number of anilines is 1. The third-order valence-corrected chi connectivity index (χ3v) is 4.12. The van der Waals surface area contributed by atoms with Gasteiger partial charge >= 0.3 is 0 Å². The average Bonchev–Trinajstić information content (AvgIpc) is 2.51. The Kier molecular flexibility index (Phi) is 4.77. The minimum absolute atomic E-state index is 0.188. The molecule has 1 aromatic heterocycles. The van der Waals surface area contributed by atoms with Crippen LogP contribution in [0.4, 0.5) is 5.82 Å². The second kappa shape index (κ2) is 5.63. The first-order valence-corrected chi connectivity index (χ1v) is 6.88. The van der Waals surface area contributed by atoms with E-state index in [1.54, 1.807) is 6.26 Å². The summed E-state index contributed by atoms with van der Waals surface area (Å²) in [5.74, 6) is 0.616. The highest BCUT2D eigenvalue weighted by atomic mass is 35.5. The lowest BCUT2D eigenvalue weighted by atomic mass is 10.3. The molecule has 4 nitrogen and oxygen atoms in total. The lowest BCUT2D eigenvalue weighted by molar-refractivity contribution is 0.672. The van der Waals surface area contributed by atoms with Crippen molar-refractivity contribution in [3.63, 3.8) is 0 Å². The van der Waals surface area contributed by atoms with Gasteiger partial charge in [0.05, 0.1) is 11.7 Å². The van der Waals surface area contributed by atoms with Crippen LogP contribution < -0.4 is 5.32 Å². The van der Waals surface area contributed by atoms with Crippen molar-refractivity contribution in [2.24, 2.45) is 0 Å². The van der Waals surface area contributed by atoms with Gasteiger partial charge in [-0.05, 0) is 6.42 Å². The molecule has 0 aromatic carbocycles. The normalized spacial score (nSPS) is 15.1. The van der Waals surface area contributed by atoms with Crippen LogP contribution in [0.3, 0.4) is 0 Å². The molecule has 1 rings (SSSR count). The molecule has 2 unspecified atom stereocenters. The highest BCUT2D eigenvalue weighted by Gasteiger charge is 2.07. The molecule has 80 valence electrons. The average molecular weight is 254 g/mol. The Morgan fingerprint density at radius 2 is 2.36 bits per heavy atom. The molecule has 0 radical (unpaired) electrons. The predicted molar refractivity (Wildman–Crippen MR) is 61.6 cm³/mol. The van der Waals surface area contributed by atoms with Gasteiger partial charge in [0.15, 0.2) is 11.0 Å². The molecule has 0 saturated carbocycles. The standard InChI is InChI=1S/C7H12ClN3OS2/c1-5(14(2)12)3-4-9-7-6(8)10-13-11-7/h5H,3-4H2,1-2H3,(H,9,11). The minimum atomic E-state index is -0.770. The van der Waals surface area contributed by atoms with E-state index in [4.69, 9.17) is 11.6 Å². The molecule has 1 aromatic rings. The predicted octanol–water partition coefficient (Wildman–Crippen LogP) is 1.76. The zero-order valence-electron chi connectivity index (χ0n) is 7.99. The van der Waals surface area contributed by atoms with Crippen molar-refractivity contribution in [2.45, 2.75) is 18.6 Å². The highest BCUT2D eigenvalue weighted by molar-refractivity contribution is 7.84. The monoisotopic (exact) mass is 253 g/mol. The van der Waals surface area contributed by atoms with Gasteiger partial charge in [0.2, 0.25) is 0 Å². The lowest BCUT2D eigenvalue weighted by Gasteiger charge is -2.08. The van der Waals surface area contributed by atoms with E-state index in [-0.39, 0.29) is 5.25 Å². The molecule has 0 bridgehead atoms. The number of hydrogen-bond donors (Lipinski definition) is 1. The molecular formula is C7H12ClN3OS2. The molecule has 0 aliphatic carbocycles. The van der Waals surface area contributed by atoms with Crippen molar-refractivity contribution in [1.29, 1.82) is 0 Å². The zero-order valence-corrected chi connectivity index (χ0v) is 10.4. The second-order valence-electron chi connectivity index (χ2n) is 2.93. The van der Waals surface area contributed by atoms with Crippen molar-refractivity contribution in [1.82, 2.24) is 8.75 Å². The molecular weight excluding hydrogens is 242 g/mol. The van der Waals surface area contributed by atoms with Crippen LogP contribution in [0.5, 0.6) is 0 Å². The van der Waals surface area contributed by atoms with Gasteiger partial charge < -0.3 is 5.32 Å². The molecule has 0 aliphatic rings. The topological polar surface area (TPSA) is 54.9 Å². The first-order valence-electron chi connectivity index (χ1n) is 4.15. The van der Waals surface area contributed by atoms with Crippen LogP contribution in [-0.2, 0) is 10.8 Å². The van der Waals surface area contributed by atoms with Gasteiger partial charge in [-0.2, -0.15) is 8.75 Å². The number of rotatable bonds is 5. The van der Waals surface area contributed by atoms with Gasteiger partial charge in [-0.1, -0.05) is 18.5 Å². The molecule has 7 heteroatoms. The van der Waals surface area contributed by atoms with Crippen molar-refractivity contribution in [2.75, 3.05) is 18.1 Å². The van der Waals surface area contributed by atoms with Gasteiger partial charge in [-0.15, -0.1) is 0 Å². The summed E-state index contributed by atoms with van der Waals surface area (Å²) in [7, 11) is -0.770. The van der Waals surface area contributed by atoms with E-state index in [0.717, 1.165) is 18.1 Å². The van der Waals surface area contributed by atoms with Gasteiger partial charge in [-0.25, -0.2) is 0 Å². The first kappa shape index (κ1) is 11.9. The van der Waals surface area contributed by atoms with Gasteiger partial charge in [0.25, 0.3) is 0 Å². The molecule has 14 heavy (non-hydrogen) atoms. The molecule has 2 atom stereocenters. The summed E-state index contributed by atoms with van der Waals surface area (Å²) in [6.07, 6.45) is 2.54. The Bertz CT molecular complexity index is 318. The van der Waals surface area contributed by atoms with Crippen molar-refractivity contribution in [3.05, 3.63) is 5.15 Å². The highest BCUT2D eigenvalue weighted by Crippen LogP contribution is 2.17. The number of halogens is 1. The molecule has 1 heterocycles. The number of aromatic nitrogens is 2. The Labute approximate surface area is 94.8 Å². The van der Waals surface area contributed by atoms with Crippen LogP contribution in [-0.4, -0.2) is 31.0 Å². The maximum absolute atomic E-state index is 11.0. The second-order valence-corrected chi connectivity index (χ2v) is 5.62. The summed E-state index contributed by atoms with van der Waals surface area (Å²) in [6, 6.07) is 0. The third kappa shape index (κ3) is 3.51. The van der Waals surface area contributed by atoms with Crippen molar-refractivity contribution in [3.8, 4) is 0 Å². The summed E-state index contributed by atoms with van der Waals surface area (Å²) in [5.41, 5.74) is 0. The molecule has 0 saturated heterocycles. The van der Waals surface area contributed by atoms with Crippen molar-refractivity contribution < 1.29 is 4.21 Å². The number of nitrogens with zero attached hydrogens (tertiary/aromatic N) is 2. The summed E-state index contributed by atoms with van der Waals surface area (Å²) >= 11 is 6.81. The van der Waals surface area contributed by atoms with Crippen LogP contribution in [0.1, 0.15) is 13.3 Å². The van der Waals surface area contributed by atoms with E-state index in [2.05, 4.69) is 14.1 Å². The van der Waals surface area contributed by atoms with Crippen molar-refractivity contribution >= 4 is 39.9 Å². The summed E-state index contributed by atoms with van der Waals surface area (Å²) in [5, 5.41) is 3.64. The largest absolute Gasteiger partial charge is 0.367 e. The van der Waals surface area contributed by atoms with Crippen LogP contribution in [0.15, 0.2) is 0 Å². The minimum Gasteiger partial charge on any atom is -0.367 e. The lowest BCUT2D eigenvalue weighted by Crippen LogP contribution is -2.15. The van der Waals surface area contributed by atoms with Crippen LogP contribution >= 0.6 is 23.3 Å². The molecule has 0 amide bonds. The van der Waals surface area contributed by atoms with Gasteiger partial charge in [0, 0.05) is 28.9 Å². The van der Waals surface area contributed by atoms with E-state index in [9.17, 15) is 4.21 Å². The van der Waals surface area contributed by atoms with Crippen LogP contribution in [0.2, 0.25) is 5.15 Å². The van der Waals surface area contributed by atoms with E-state index in [1.165, 1.54) is 0 Å². The maximum atomic E-state index is 11.0. The Balaban J connectivity index is 2.29. The summed E-state index contributed by atoms with van der Waals surface area (Å²) in [6.45, 7) is 2.67. The smallest absolute Gasteiger partial charge is 0.186 e. The van der Waals surface area contributed by atoms with Crippen LogP contribution in [0, 0.1) is 0 Å². The quantitative estimate of drug-likeness (QED) is 0.869. The molecule has 1 N–H and O–H groups in total. The van der Waals surface area contributed by atoms with E-state index < -0.39 is 10.8 Å². The first-order chi connectivity index (χ1) is 6.61. The Morgan fingerprint density at radius 1 is 1.64 bits per heavy atom. The SMILES string of the molecule is CC(CCNc1nsnc1Cl)S(C)=O. The summed E-state index contributed by atoms with van der Waals surface area (Å²) < 4.78 is 18.8. The fourth-order valence-corrected chi connectivity index (χ4v) is 1.98. The molecule has 0 fully saturated rings. The molecule has 0 spiro atoms. The number of hydrogen-bond acceptors (Lipinski definition) is 5.